The standard InChI is InChI=1S/C11H20N4/c1-5-7-9-10(12-3)13-8-14-11(9)15(4)6-2/h8H,5-7H2,1-4H3,(H,12,13,14). The van der Waals surface area contributed by atoms with Gasteiger partial charge in [0.05, 0.1) is 0 Å². The highest BCUT2D eigenvalue weighted by Gasteiger charge is 2.11. The molecule has 15 heavy (non-hydrogen) atoms. The monoisotopic (exact) mass is 208 g/mol. The lowest BCUT2D eigenvalue weighted by Gasteiger charge is -2.20. The van der Waals surface area contributed by atoms with Crippen molar-refractivity contribution in [1.82, 2.24) is 9.97 Å². The van der Waals surface area contributed by atoms with E-state index in [1.54, 1.807) is 6.33 Å². The molecule has 4 nitrogen and oxygen atoms in total. The SMILES string of the molecule is CCCc1c(NC)ncnc1N(C)CC. The van der Waals surface area contributed by atoms with Gasteiger partial charge in [-0.15, -0.1) is 0 Å². The van der Waals surface area contributed by atoms with Crippen LogP contribution in [0.25, 0.3) is 0 Å². The van der Waals surface area contributed by atoms with E-state index in [-0.39, 0.29) is 0 Å². The molecule has 0 radical (unpaired) electrons. The minimum absolute atomic E-state index is 0.946. The normalized spacial score (nSPS) is 10.1. The van der Waals surface area contributed by atoms with Gasteiger partial charge in [-0.2, -0.15) is 0 Å². The molecule has 0 aromatic carbocycles. The van der Waals surface area contributed by atoms with Gasteiger partial charge in [0.1, 0.15) is 18.0 Å². The van der Waals surface area contributed by atoms with Crippen LogP contribution < -0.4 is 10.2 Å². The number of aromatic nitrogens is 2. The summed E-state index contributed by atoms with van der Waals surface area (Å²) in [6.07, 6.45) is 3.73. The molecule has 1 N–H and O–H groups in total. The van der Waals surface area contributed by atoms with Crippen LogP contribution in [0, 0.1) is 0 Å². The molecular weight excluding hydrogens is 188 g/mol. The Balaban J connectivity index is 3.12. The molecule has 0 saturated carbocycles. The van der Waals surface area contributed by atoms with Crippen molar-refractivity contribution in [2.45, 2.75) is 26.7 Å². The highest BCUT2D eigenvalue weighted by atomic mass is 15.2. The molecule has 1 aromatic rings. The van der Waals surface area contributed by atoms with E-state index < -0.39 is 0 Å². The van der Waals surface area contributed by atoms with Crippen molar-refractivity contribution in [3.63, 3.8) is 0 Å². The number of hydrogen-bond acceptors (Lipinski definition) is 4. The molecule has 4 heteroatoms. The molecule has 0 saturated heterocycles. The van der Waals surface area contributed by atoms with Crippen molar-refractivity contribution < 1.29 is 0 Å². The lowest BCUT2D eigenvalue weighted by molar-refractivity contribution is 0.861. The molecule has 1 heterocycles. The van der Waals surface area contributed by atoms with Crippen LogP contribution in [0.1, 0.15) is 25.8 Å². The second kappa shape index (κ2) is 5.53. The Hall–Kier alpha value is -1.32. The smallest absolute Gasteiger partial charge is 0.137 e. The second-order valence-electron chi connectivity index (χ2n) is 3.54. The minimum atomic E-state index is 0.946. The summed E-state index contributed by atoms with van der Waals surface area (Å²) >= 11 is 0. The highest BCUT2D eigenvalue weighted by Crippen LogP contribution is 2.23. The zero-order chi connectivity index (χ0) is 11.3. The summed E-state index contributed by atoms with van der Waals surface area (Å²) < 4.78 is 0. The van der Waals surface area contributed by atoms with Crippen LogP contribution in [0.3, 0.4) is 0 Å². The minimum Gasteiger partial charge on any atom is -0.373 e. The van der Waals surface area contributed by atoms with E-state index >= 15 is 0 Å². The second-order valence-corrected chi connectivity index (χ2v) is 3.54. The maximum atomic E-state index is 4.35. The lowest BCUT2D eigenvalue weighted by atomic mass is 10.1. The average Bonchev–Trinajstić information content (AvgIpc) is 2.28. The first-order chi connectivity index (χ1) is 7.24. The summed E-state index contributed by atoms with van der Waals surface area (Å²) in [5.74, 6) is 1.99. The third kappa shape index (κ3) is 2.58. The van der Waals surface area contributed by atoms with Crippen molar-refractivity contribution in [1.29, 1.82) is 0 Å². The molecule has 0 aliphatic rings. The van der Waals surface area contributed by atoms with Crippen LogP contribution in [-0.4, -0.2) is 30.6 Å². The first-order valence-electron chi connectivity index (χ1n) is 5.47. The molecule has 84 valence electrons. The maximum absolute atomic E-state index is 4.35. The van der Waals surface area contributed by atoms with Crippen molar-refractivity contribution in [3.05, 3.63) is 11.9 Å². The molecule has 0 aliphatic carbocycles. The third-order valence-corrected chi connectivity index (χ3v) is 2.50. The molecule has 0 amide bonds. The number of anilines is 2. The summed E-state index contributed by atoms with van der Waals surface area (Å²) in [5, 5.41) is 3.12. The molecule has 0 atom stereocenters. The fourth-order valence-corrected chi connectivity index (χ4v) is 1.58. The number of nitrogens with zero attached hydrogens (tertiary/aromatic N) is 3. The van der Waals surface area contributed by atoms with E-state index in [1.807, 2.05) is 7.05 Å². The van der Waals surface area contributed by atoms with Crippen molar-refractivity contribution >= 4 is 11.6 Å². The largest absolute Gasteiger partial charge is 0.373 e. The quantitative estimate of drug-likeness (QED) is 0.802. The van der Waals surface area contributed by atoms with E-state index in [0.29, 0.717) is 0 Å². The third-order valence-electron chi connectivity index (χ3n) is 2.50. The van der Waals surface area contributed by atoms with Crippen LogP contribution in [0.4, 0.5) is 11.6 Å². The van der Waals surface area contributed by atoms with E-state index in [1.165, 1.54) is 5.56 Å². The van der Waals surface area contributed by atoms with Gasteiger partial charge in [0.2, 0.25) is 0 Å². The summed E-state index contributed by atoms with van der Waals surface area (Å²) in [6, 6.07) is 0. The average molecular weight is 208 g/mol. The molecule has 0 bridgehead atoms. The zero-order valence-corrected chi connectivity index (χ0v) is 10.0. The fraction of sp³-hybridized carbons (Fsp3) is 0.636. The van der Waals surface area contributed by atoms with Crippen molar-refractivity contribution in [3.8, 4) is 0 Å². The predicted molar refractivity (Wildman–Crippen MR) is 64.5 cm³/mol. The van der Waals surface area contributed by atoms with E-state index in [0.717, 1.165) is 31.0 Å². The Kier molecular flexibility index (Phi) is 4.34. The highest BCUT2D eigenvalue weighted by molar-refractivity contribution is 5.58. The Morgan fingerprint density at radius 3 is 2.60 bits per heavy atom. The lowest BCUT2D eigenvalue weighted by Crippen LogP contribution is -2.20. The molecule has 0 spiro atoms. The van der Waals surface area contributed by atoms with Gasteiger partial charge in [0.15, 0.2) is 0 Å². The molecule has 0 aliphatic heterocycles. The van der Waals surface area contributed by atoms with Crippen molar-refractivity contribution in [2.75, 3.05) is 30.9 Å². The van der Waals surface area contributed by atoms with Crippen LogP contribution >= 0.6 is 0 Å². The van der Waals surface area contributed by atoms with Gasteiger partial charge < -0.3 is 10.2 Å². The van der Waals surface area contributed by atoms with Gasteiger partial charge in [-0.05, 0) is 13.3 Å². The Bertz CT molecular complexity index is 311. The van der Waals surface area contributed by atoms with Crippen LogP contribution in [-0.2, 0) is 6.42 Å². The molecule has 1 rings (SSSR count). The Morgan fingerprint density at radius 2 is 2.07 bits per heavy atom. The van der Waals surface area contributed by atoms with Gasteiger partial charge in [0, 0.05) is 26.2 Å². The van der Waals surface area contributed by atoms with E-state index in [2.05, 4.69) is 41.1 Å². The first-order valence-corrected chi connectivity index (χ1v) is 5.47. The summed E-state index contributed by atoms with van der Waals surface area (Å²) in [6.45, 7) is 5.25. The van der Waals surface area contributed by atoms with Gasteiger partial charge >= 0.3 is 0 Å². The fourth-order valence-electron chi connectivity index (χ4n) is 1.58. The van der Waals surface area contributed by atoms with Crippen LogP contribution in [0.2, 0.25) is 0 Å². The zero-order valence-electron chi connectivity index (χ0n) is 10.0. The summed E-state index contributed by atoms with van der Waals surface area (Å²) in [5.41, 5.74) is 1.21. The predicted octanol–water partition coefficient (Wildman–Crippen LogP) is 1.93. The summed E-state index contributed by atoms with van der Waals surface area (Å²) in [7, 11) is 3.96. The van der Waals surface area contributed by atoms with Crippen molar-refractivity contribution in [2.24, 2.45) is 0 Å². The topological polar surface area (TPSA) is 41.1 Å². The number of rotatable bonds is 5. The molecule has 1 aromatic heterocycles. The van der Waals surface area contributed by atoms with Gasteiger partial charge in [-0.1, -0.05) is 13.3 Å². The molecular formula is C11H20N4. The van der Waals surface area contributed by atoms with Gasteiger partial charge in [-0.25, -0.2) is 9.97 Å². The number of nitrogens with one attached hydrogen (secondary N) is 1. The number of hydrogen-bond donors (Lipinski definition) is 1. The van der Waals surface area contributed by atoms with Gasteiger partial charge in [0.25, 0.3) is 0 Å². The van der Waals surface area contributed by atoms with Crippen LogP contribution in [0.5, 0.6) is 0 Å². The van der Waals surface area contributed by atoms with E-state index in [9.17, 15) is 0 Å². The first kappa shape index (κ1) is 11.8. The molecule has 0 unspecified atom stereocenters. The van der Waals surface area contributed by atoms with E-state index in [4.69, 9.17) is 0 Å². The Labute approximate surface area is 91.7 Å². The maximum Gasteiger partial charge on any atom is 0.137 e. The summed E-state index contributed by atoms with van der Waals surface area (Å²) in [4.78, 5) is 10.7. The van der Waals surface area contributed by atoms with Crippen LogP contribution in [0.15, 0.2) is 6.33 Å². The molecule has 0 fully saturated rings. The van der Waals surface area contributed by atoms with Gasteiger partial charge in [-0.3, -0.25) is 0 Å². The Morgan fingerprint density at radius 1 is 1.33 bits per heavy atom.